The highest BCUT2D eigenvalue weighted by Crippen LogP contribution is 2.40. The molecule has 4 aromatic rings. The first-order valence-corrected chi connectivity index (χ1v) is 8.74. The summed E-state index contributed by atoms with van der Waals surface area (Å²) in [6.45, 7) is 0.553. The topological polar surface area (TPSA) is 87.4 Å². The molecule has 2 aliphatic rings. The summed E-state index contributed by atoms with van der Waals surface area (Å²) in [4.78, 5) is 9.12. The van der Waals surface area contributed by atoms with Gasteiger partial charge in [-0.2, -0.15) is 4.98 Å². The van der Waals surface area contributed by atoms with Crippen molar-refractivity contribution in [3.8, 4) is 28.6 Å². The second-order valence-corrected chi connectivity index (χ2v) is 7.02. The van der Waals surface area contributed by atoms with Crippen LogP contribution in [-0.2, 0) is 6.54 Å². The summed E-state index contributed by atoms with van der Waals surface area (Å²) in [6, 6.07) is 5.71. The molecule has 128 valence electrons. The first-order chi connectivity index (χ1) is 12.8. The van der Waals surface area contributed by atoms with Crippen LogP contribution in [0.15, 0.2) is 35.4 Å². The Balaban J connectivity index is 1.57. The van der Waals surface area contributed by atoms with E-state index in [1.165, 1.54) is 0 Å². The third-order valence-corrected chi connectivity index (χ3v) is 5.08. The lowest BCUT2D eigenvalue weighted by atomic mass is 10.1. The van der Waals surface area contributed by atoms with Gasteiger partial charge in [0.15, 0.2) is 5.82 Å². The average molecular weight is 366 g/mol. The molecule has 0 radical (unpaired) electrons. The van der Waals surface area contributed by atoms with Gasteiger partial charge in [-0.15, -0.1) is 10.2 Å². The zero-order valence-electron chi connectivity index (χ0n) is 13.5. The molecule has 0 spiro atoms. The number of rotatable bonds is 2. The van der Waals surface area contributed by atoms with E-state index in [1.807, 2.05) is 27.3 Å². The molecule has 9 heteroatoms. The summed E-state index contributed by atoms with van der Waals surface area (Å²) in [5.74, 6) is 2.40. The van der Waals surface area contributed by atoms with Gasteiger partial charge in [0.2, 0.25) is 11.7 Å². The number of fused-ring (bicyclic) bond motifs is 5. The molecule has 0 N–H and O–H groups in total. The van der Waals surface area contributed by atoms with Crippen molar-refractivity contribution < 1.29 is 4.52 Å². The van der Waals surface area contributed by atoms with E-state index in [-0.39, 0.29) is 0 Å². The number of benzene rings is 1. The lowest BCUT2D eigenvalue weighted by Gasteiger charge is -2.08. The maximum Gasteiger partial charge on any atom is 0.230 e. The molecule has 0 saturated heterocycles. The molecule has 0 bridgehead atoms. The van der Waals surface area contributed by atoms with Crippen LogP contribution in [0.25, 0.3) is 28.6 Å². The van der Waals surface area contributed by atoms with Crippen molar-refractivity contribution in [3.63, 3.8) is 0 Å². The summed E-state index contributed by atoms with van der Waals surface area (Å²) in [5, 5.41) is 13.1. The first-order valence-electron chi connectivity index (χ1n) is 8.36. The zero-order chi connectivity index (χ0) is 17.3. The highest BCUT2D eigenvalue weighted by molar-refractivity contribution is 6.31. The van der Waals surface area contributed by atoms with Crippen LogP contribution in [0.1, 0.15) is 30.3 Å². The fourth-order valence-electron chi connectivity index (χ4n) is 3.38. The van der Waals surface area contributed by atoms with Crippen molar-refractivity contribution in [1.82, 2.24) is 34.5 Å². The first kappa shape index (κ1) is 14.2. The third kappa shape index (κ3) is 1.99. The molecular formula is C17H12ClN7O. The highest BCUT2D eigenvalue weighted by Gasteiger charge is 2.31. The lowest BCUT2D eigenvalue weighted by molar-refractivity contribution is 0.380. The van der Waals surface area contributed by atoms with Gasteiger partial charge in [-0.25, -0.2) is 4.98 Å². The van der Waals surface area contributed by atoms with E-state index in [1.54, 1.807) is 12.7 Å². The van der Waals surface area contributed by atoms with Crippen LogP contribution < -0.4 is 0 Å². The van der Waals surface area contributed by atoms with Crippen LogP contribution in [-0.4, -0.2) is 34.5 Å². The van der Waals surface area contributed by atoms with Crippen LogP contribution in [0, 0.1) is 0 Å². The monoisotopic (exact) mass is 365 g/mol. The predicted molar refractivity (Wildman–Crippen MR) is 92.0 cm³/mol. The van der Waals surface area contributed by atoms with Crippen LogP contribution in [0.5, 0.6) is 0 Å². The molecule has 1 aliphatic heterocycles. The molecule has 26 heavy (non-hydrogen) atoms. The Hall–Kier alpha value is -3.00. The van der Waals surface area contributed by atoms with Gasteiger partial charge in [-0.05, 0) is 31.0 Å². The fraction of sp³-hybridized carbons (Fsp3) is 0.235. The van der Waals surface area contributed by atoms with Crippen molar-refractivity contribution in [1.29, 1.82) is 0 Å². The van der Waals surface area contributed by atoms with E-state index < -0.39 is 0 Å². The van der Waals surface area contributed by atoms with Gasteiger partial charge in [-0.3, -0.25) is 4.57 Å². The Morgan fingerprint density at radius 3 is 3.00 bits per heavy atom. The molecule has 3 aromatic heterocycles. The smallest absolute Gasteiger partial charge is 0.230 e. The van der Waals surface area contributed by atoms with E-state index in [0.717, 1.165) is 35.6 Å². The molecule has 0 atom stereocenters. The number of nitrogens with zero attached hydrogens (tertiary/aromatic N) is 7. The van der Waals surface area contributed by atoms with Gasteiger partial charge in [0.1, 0.15) is 18.3 Å². The molecule has 1 aliphatic carbocycles. The summed E-state index contributed by atoms with van der Waals surface area (Å²) < 4.78 is 9.42. The second kappa shape index (κ2) is 5.01. The molecule has 8 nitrogen and oxygen atoms in total. The molecule has 6 rings (SSSR count). The SMILES string of the molecule is Clc1ccc2c(c1)-c1nncn1Cc1c(-c3noc(C4CC4)n3)ncn1-2. The van der Waals surface area contributed by atoms with Crippen molar-refractivity contribution >= 4 is 11.6 Å². The summed E-state index contributed by atoms with van der Waals surface area (Å²) >= 11 is 6.22. The van der Waals surface area contributed by atoms with Crippen LogP contribution in [0.4, 0.5) is 0 Å². The second-order valence-electron chi connectivity index (χ2n) is 6.58. The minimum Gasteiger partial charge on any atom is -0.339 e. The van der Waals surface area contributed by atoms with Crippen LogP contribution in [0.2, 0.25) is 5.02 Å². The minimum atomic E-state index is 0.407. The number of imidazole rings is 1. The molecule has 1 saturated carbocycles. The minimum absolute atomic E-state index is 0.407. The molecular weight excluding hydrogens is 354 g/mol. The maximum atomic E-state index is 6.22. The normalized spacial score (nSPS) is 15.3. The summed E-state index contributed by atoms with van der Waals surface area (Å²) in [7, 11) is 0. The van der Waals surface area contributed by atoms with Gasteiger partial charge < -0.3 is 9.09 Å². The molecule has 4 heterocycles. The van der Waals surface area contributed by atoms with E-state index in [2.05, 4.69) is 25.3 Å². The third-order valence-electron chi connectivity index (χ3n) is 4.84. The quantitative estimate of drug-likeness (QED) is 0.477. The molecule has 1 aromatic carbocycles. The van der Waals surface area contributed by atoms with Crippen molar-refractivity contribution in [2.45, 2.75) is 25.3 Å². The summed E-state index contributed by atoms with van der Waals surface area (Å²) in [5.41, 5.74) is 3.52. The zero-order valence-corrected chi connectivity index (χ0v) is 14.3. The summed E-state index contributed by atoms with van der Waals surface area (Å²) in [6.07, 6.45) is 5.71. The van der Waals surface area contributed by atoms with Gasteiger partial charge >= 0.3 is 0 Å². The van der Waals surface area contributed by atoms with Crippen molar-refractivity contribution in [3.05, 3.63) is 47.5 Å². The number of aromatic nitrogens is 7. The number of halogens is 1. The van der Waals surface area contributed by atoms with Gasteiger partial charge in [-0.1, -0.05) is 16.8 Å². The Bertz CT molecular complexity index is 1150. The van der Waals surface area contributed by atoms with Crippen LogP contribution >= 0.6 is 11.6 Å². The van der Waals surface area contributed by atoms with Crippen molar-refractivity contribution in [2.75, 3.05) is 0 Å². The highest BCUT2D eigenvalue weighted by atomic mass is 35.5. The van der Waals surface area contributed by atoms with Gasteiger partial charge in [0.25, 0.3) is 0 Å². The Morgan fingerprint density at radius 2 is 2.12 bits per heavy atom. The lowest BCUT2D eigenvalue weighted by Crippen LogP contribution is -2.03. The average Bonchev–Trinajstić information content (AvgIpc) is 3.06. The molecule has 0 unspecified atom stereocenters. The van der Waals surface area contributed by atoms with Gasteiger partial charge in [0.05, 0.1) is 17.9 Å². The number of hydrogen-bond acceptors (Lipinski definition) is 6. The van der Waals surface area contributed by atoms with E-state index in [9.17, 15) is 0 Å². The fourth-order valence-corrected chi connectivity index (χ4v) is 3.56. The van der Waals surface area contributed by atoms with Crippen molar-refractivity contribution in [2.24, 2.45) is 0 Å². The molecule has 1 fully saturated rings. The molecule has 0 amide bonds. The largest absolute Gasteiger partial charge is 0.339 e. The van der Waals surface area contributed by atoms with Gasteiger partial charge in [0, 0.05) is 16.5 Å². The van der Waals surface area contributed by atoms with Crippen LogP contribution in [0.3, 0.4) is 0 Å². The standard InChI is InChI=1S/C17H12ClN7O/c18-10-3-4-12-11(5-10)16-22-20-8-24(16)6-13-14(19-7-25(12)13)15-21-17(26-23-15)9-1-2-9/h3-5,7-9H,1-2,6H2. The Labute approximate surface area is 152 Å². The van der Waals surface area contributed by atoms with E-state index >= 15 is 0 Å². The Kier molecular flexibility index (Phi) is 2.74. The number of hydrogen-bond donors (Lipinski definition) is 0. The Morgan fingerprint density at radius 1 is 1.19 bits per heavy atom. The predicted octanol–water partition coefficient (Wildman–Crippen LogP) is 3.07. The van der Waals surface area contributed by atoms with E-state index in [0.29, 0.717) is 34.9 Å². The van der Waals surface area contributed by atoms with E-state index in [4.69, 9.17) is 16.1 Å². The maximum absolute atomic E-state index is 6.22.